The number of fused-ring (bicyclic) bond motifs is 1. The van der Waals surface area contributed by atoms with Gasteiger partial charge in [-0.15, -0.1) is 0 Å². The third-order valence-electron chi connectivity index (χ3n) is 4.07. The normalized spacial score (nSPS) is 19.8. The van der Waals surface area contributed by atoms with Crippen LogP contribution in [0.5, 0.6) is 0 Å². The van der Waals surface area contributed by atoms with E-state index in [-0.39, 0.29) is 0 Å². The molecule has 0 aliphatic carbocycles. The third-order valence-corrected chi connectivity index (χ3v) is 4.40. The Kier molecular flexibility index (Phi) is 4.08. The number of carboxylic acids is 1. The molecule has 1 aliphatic heterocycles. The van der Waals surface area contributed by atoms with Gasteiger partial charge in [0.15, 0.2) is 0 Å². The quantitative estimate of drug-likeness (QED) is 0.945. The Morgan fingerprint density at radius 3 is 3.05 bits per heavy atom. The van der Waals surface area contributed by atoms with Crippen LogP contribution in [0.15, 0.2) is 30.5 Å². The third kappa shape index (κ3) is 2.87. The van der Waals surface area contributed by atoms with Gasteiger partial charge in [0.1, 0.15) is 6.04 Å². The summed E-state index contributed by atoms with van der Waals surface area (Å²) in [5, 5.41) is 11.0. The molecule has 1 saturated heterocycles. The highest BCUT2D eigenvalue weighted by atomic mass is 35.5. The van der Waals surface area contributed by atoms with Crippen LogP contribution in [0.1, 0.15) is 24.8 Å². The second-order valence-corrected chi connectivity index (χ2v) is 5.83. The molecule has 0 saturated carbocycles. The van der Waals surface area contributed by atoms with Crippen LogP contribution in [-0.2, 0) is 11.3 Å². The molecule has 0 radical (unpaired) electrons. The fraction of sp³-hybridized carbons (Fsp3) is 0.375. The van der Waals surface area contributed by atoms with Crippen molar-refractivity contribution in [3.8, 4) is 0 Å². The maximum Gasteiger partial charge on any atom is 0.320 e. The number of nitrogens with zero attached hydrogens (tertiary/aromatic N) is 2. The predicted molar refractivity (Wildman–Crippen MR) is 82.4 cm³/mol. The zero-order valence-electron chi connectivity index (χ0n) is 11.6. The summed E-state index contributed by atoms with van der Waals surface area (Å²) < 4.78 is 0. The van der Waals surface area contributed by atoms with Gasteiger partial charge in [-0.1, -0.05) is 24.1 Å². The lowest BCUT2D eigenvalue weighted by molar-refractivity contribution is -0.144. The molecule has 1 fully saturated rings. The molecule has 1 aromatic carbocycles. The molecule has 1 N–H and O–H groups in total. The van der Waals surface area contributed by atoms with E-state index >= 15 is 0 Å². The monoisotopic (exact) mass is 304 g/mol. The van der Waals surface area contributed by atoms with Crippen molar-refractivity contribution in [3.05, 3.63) is 41.0 Å². The molecule has 1 aromatic heterocycles. The van der Waals surface area contributed by atoms with Gasteiger partial charge in [-0.05, 0) is 43.1 Å². The smallest absolute Gasteiger partial charge is 0.320 e. The number of hydrogen-bond donors (Lipinski definition) is 1. The summed E-state index contributed by atoms with van der Waals surface area (Å²) in [4.78, 5) is 17.8. The molecule has 110 valence electrons. The van der Waals surface area contributed by atoms with Gasteiger partial charge in [0.2, 0.25) is 0 Å². The molecule has 5 heteroatoms. The number of likely N-dealkylation sites (tertiary alicyclic amines) is 1. The summed E-state index contributed by atoms with van der Waals surface area (Å²) in [6, 6.07) is 7.22. The Balaban J connectivity index is 1.94. The Morgan fingerprint density at radius 2 is 2.24 bits per heavy atom. The van der Waals surface area contributed by atoms with Gasteiger partial charge < -0.3 is 5.11 Å². The molecule has 4 nitrogen and oxygen atoms in total. The topological polar surface area (TPSA) is 53.4 Å². The maximum absolute atomic E-state index is 11.4. The highest BCUT2D eigenvalue weighted by Gasteiger charge is 2.28. The Bertz CT molecular complexity index is 674. The number of hydrogen-bond acceptors (Lipinski definition) is 3. The highest BCUT2D eigenvalue weighted by molar-refractivity contribution is 6.35. The van der Waals surface area contributed by atoms with Crippen molar-refractivity contribution in [2.45, 2.75) is 31.8 Å². The van der Waals surface area contributed by atoms with Gasteiger partial charge in [-0.3, -0.25) is 14.7 Å². The Hall–Kier alpha value is -1.65. The second-order valence-electron chi connectivity index (χ2n) is 5.43. The van der Waals surface area contributed by atoms with Crippen LogP contribution in [-0.4, -0.2) is 33.5 Å². The van der Waals surface area contributed by atoms with E-state index < -0.39 is 12.0 Å². The first-order valence-corrected chi connectivity index (χ1v) is 7.53. The van der Waals surface area contributed by atoms with E-state index in [0.717, 1.165) is 35.9 Å². The summed E-state index contributed by atoms with van der Waals surface area (Å²) in [6.07, 6.45) is 4.48. The molecule has 2 aromatic rings. The first-order valence-electron chi connectivity index (χ1n) is 7.16. The molecule has 2 heterocycles. The summed E-state index contributed by atoms with van der Waals surface area (Å²) >= 11 is 6.20. The minimum atomic E-state index is -0.735. The number of carboxylic acid groups (broad SMARTS) is 1. The zero-order chi connectivity index (χ0) is 14.8. The van der Waals surface area contributed by atoms with Crippen LogP contribution in [0.4, 0.5) is 0 Å². The van der Waals surface area contributed by atoms with Gasteiger partial charge in [-0.2, -0.15) is 0 Å². The van der Waals surface area contributed by atoms with Crippen LogP contribution in [0.2, 0.25) is 5.02 Å². The standard InChI is InChI=1S/C16H17ClN2O2/c17-13-7-6-11(15-12(13)4-3-8-18-15)10-19-9-2-1-5-14(19)16(20)21/h3-4,6-8,14H,1-2,5,9-10H2,(H,20,21)/t14-/m1/s1. The molecule has 1 aliphatic rings. The van der Waals surface area contributed by atoms with Crippen molar-refractivity contribution < 1.29 is 9.90 Å². The minimum Gasteiger partial charge on any atom is -0.480 e. The Labute approximate surface area is 128 Å². The fourth-order valence-electron chi connectivity index (χ4n) is 3.00. The first kappa shape index (κ1) is 14.3. The van der Waals surface area contributed by atoms with E-state index in [2.05, 4.69) is 4.98 Å². The number of aliphatic carboxylic acids is 1. The fourth-order valence-corrected chi connectivity index (χ4v) is 3.22. The Morgan fingerprint density at radius 1 is 1.38 bits per heavy atom. The van der Waals surface area contributed by atoms with E-state index in [1.807, 2.05) is 29.2 Å². The van der Waals surface area contributed by atoms with Gasteiger partial charge in [-0.25, -0.2) is 0 Å². The summed E-state index contributed by atoms with van der Waals surface area (Å²) in [7, 11) is 0. The second kappa shape index (κ2) is 6.00. The van der Waals surface area contributed by atoms with Gasteiger partial charge in [0.25, 0.3) is 0 Å². The number of pyridine rings is 1. The van der Waals surface area contributed by atoms with Crippen molar-refractivity contribution >= 4 is 28.5 Å². The van der Waals surface area contributed by atoms with Crippen LogP contribution < -0.4 is 0 Å². The average Bonchev–Trinajstić information content (AvgIpc) is 2.51. The molecule has 3 rings (SSSR count). The van der Waals surface area contributed by atoms with E-state index in [1.54, 1.807) is 6.20 Å². The average molecular weight is 305 g/mol. The van der Waals surface area contributed by atoms with Crippen molar-refractivity contribution in [1.82, 2.24) is 9.88 Å². The highest BCUT2D eigenvalue weighted by Crippen LogP contribution is 2.27. The first-order chi connectivity index (χ1) is 10.2. The van der Waals surface area contributed by atoms with E-state index in [1.165, 1.54) is 0 Å². The number of carbonyl (C=O) groups is 1. The van der Waals surface area contributed by atoms with Crippen LogP contribution in [0.3, 0.4) is 0 Å². The molecule has 21 heavy (non-hydrogen) atoms. The molecule has 0 unspecified atom stereocenters. The van der Waals surface area contributed by atoms with Gasteiger partial charge in [0, 0.05) is 23.2 Å². The SMILES string of the molecule is O=C(O)[C@H]1CCCCN1Cc1ccc(Cl)c2cccnc12. The van der Waals surface area contributed by atoms with E-state index in [0.29, 0.717) is 18.0 Å². The van der Waals surface area contributed by atoms with E-state index in [4.69, 9.17) is 11.6 Å². The molecular weight excluding hydrogens is 288 g/mol. The minimum absolute atomic E-state index is 0.395. The van der Waals surface area contributed by atoms with Crippen LogP contribution in [0.25, 0.3) is 10.9 Å². The number of halogens is 1. The lowest BCUT2D eigenvalue weighted by Gasteiger charge is -2.33. The molecule has 0 spiro atoms. The van der Waals surface area contributed by atoms with Gasteiger partial charge >= 0.3 is 5.97 Å². The van der Waals surface area contributed by atoms with Crippen molar-refractivity contribution in [2.24, 2.45) is 0 Å². The lowest BCUT2D eigenvalue weighted by Crippen LogP contribution is -2.44. The largest absolute Gasteiger partial charge is 0.480 e. The lowest BCUT2D eigenvalue weighted by atomic mass is 10.0. The summed E-state index contributed by atoms with van der Waals surface area (Å²) in [5.41, 5.74) is 1.89. The van der Waals surface area contributed by atoms with E-state index in [9.17, 15) is 9.90 Å². The molecular formula is C16H17ClN2O2. The number of piperidine rings is 1. The number of benzene rings is 1. The van der Waals surface area contributed by atoms with Crippen LogP contribution in [0, 0.1) is 0 Å². The molecule has 1 atom stereocenters. The van der Waals surface area contributed by atoms with Crippen LogP contribution >= 0.6 is 11.6 Å². The van der Waals surface area contributed by atoms with Crippen molar-refractivity contribution in [1.29, 1.82) is 0 Å². The summed E-state index contributed by atoms with van der Waals surface area (Å²) in [5.74, 6) is -0.735. The number of rotatable bonds is 3. The van der Waals surface area contributed by atoms with Crippen molar-refractivity contribution in [3.63, 3.8) is 0 Å². The predicted octanol–water partition coefficient (Wildman–Crippen LogP) is 3.33. The summed E-state index contributed by atoms with van der Waals surface area (Å²) in [6.45, 7) is 1.41. The number of aromatic nitrogens is 1. The van der Waals surface area contributed by atoms with Crippen molar-refractivity contribution in [2.75, 3.05) is 6.54 Å². The maximum atomic E-state index is 11.4. The molecule has 0 amide bonds. The van der Waals surface area contributed by atoms with Gasteiger partial charge in [0.05, 0.1) is 5.52 Å². The molecule has 0 bridgehead atoms. The zero-order valence-corrected chi connectivity index (χ0v) is 12.4.